The summed E-state index contributed by atoms with van der Waals surface area (Å²) in [4.78, 5) is 38.4. The van der Waals surface area contributed by atoms with Gasteiger partial charge in [-0.1, -0.05) is 45.0 Å². The molecule has 3 rings (SSSR count). The van der Waals surface area contributed by atoms with Gasteiger partial charge in [-0.2, -0.15) is 0 Å². The molecule has 7 heteroatoms. The maximum Gasteiger partial charge on any atom is 0.251 e. The van der Waals surface area contributed by atoms with Gasteiger partial charge in [0.25, 0.3) is 5.91 Å². The third kappa shape index (κ3) is 5.42. The number of ether oxygens (including phenoxy) is 1. The molecule has 0 saturated carbocycles. The smallest absolute Gasteiger partial charge is 0.251 e. The van der Waals surface area contributed by atoms with Crippen LogP contribution in [-0.4, -0.2) is 47.5 Å². The second-order valence-corrected chi connectivity index (χ2v) is 9.75. The minimum absolute atomic E-state index is 0.00531. The molecule has 176 valence electrons. The molecule has 0 aliphatic carbocycles. The van der Waals surface area contributed by atoms with Crippen LogP contribution in [0.5, 0.6) is 5.75 Å². The van der Waals surface area contributed by atoms with Crippen molar-refractivity contribution in [1.82, 2.24) is 10.6 Å². The van der Waals surface area contributed by atoms with Crippen molar-refractivity contribution in [2.24, 2.45) is 0 Å². The Labute approximate surface area is 194 Å². The summed E-state index contributed by atoms with van der Waals surface area (Å²) in [6, 6.07) is 13.7. The molecule has 3 unspecified atom stereocenters. The van der Waals surface area contributed by atoms with Crippen molar-refractivity contribution >= 4 is 17.6 Å². The number of ketones is 1. The third-order valence-corrected chi connectivity index (χ3v) is 6.31. The van der Waals surface area contributed by atoms with Crippen molar-refractivity contribution in [3.05, 3.63) is 65.2 Å². The first-order chi connectivity index (χ1) is 15.4. The number of amides is 2. The Balaban J connectivity index is 1.78. The number of phenolic OH excluding ortho intramolecular Hbond substituents is 1. The summed E-state index contributed by atoms with van der Waals surface area (Å²) in [5, 5.41) is 15.5. The molecule has 1 aliphatic heterocycles. The van der Waals surface area contributed by atoms with Crippen LogP contribution in [0.4, 0.5) is 0 Å². The van der Waals surface area contributed by atoms with E-state index in [0.717, 1.165) is 5.56 Å². The number of aromatic hydroxyl groups is 1. The van der Waals surface area contributed by atoms with E-state index >= 15 is 0 Å². The summed E-state index contributed by atoms with van der Waals surface area (Å²) >= 11 is 0. The van der Waals surface area contributed by atoms with Crippen molar-refractivity contribution in [2.45, 2.75) is 57.6 Å². The van der Waals surface area contributed by atoms with Gasteiger partial charge in [-0.3, -0.25) is 14.4 Å². The molecule has 1 aliphatic rings. The van der Waals surface area contributed by atoms with E-state index < -0.39 is 23.5 Å². The van der Waals surface area contributed by atoms with E-state index in [1.54, 1.807) is 38.1 Å². The van der Waals surface area contributed by atoms with Crippen LogP contribution in [-0.2, 0) is 19.7 Å². The Morgan fingerprint density at radius 3 is 2.39 bits per heavy atom. The van der Waals surface area contributed by atoms with E-state index in [-0.39, 0.29) is 36.0 Å². The Morgan fingerprint density at radius 1 is 1.18 bits per heavy atom. The molecule has 3 atom stereocenters. The molecule has 0 radical (unpaired) electrons. The molecular weight excluding hydrogens is 420 g/mol. The predicted molar refractivity (Wildman–Crippen MR) is 125 cm³/mol. The lowest BCUT2D eigenvalue weighted by Crippen LogP contribution is -2.57. The van der Waals surface area contributed by atoms with E-state index in [1.165, 1.54) is 12.1 Å². The molecule has 2 aromatic carbocycles. The zero-order valence-electron chi connectivity index (χ0n) is 19.8. The lowest BCUT2D eigenvalue weighted by molar-refractivity contribution is -0.130. The van der Waals surface area contributed by atoms with Crippen LogP contribution in [0, 0.1) is 0 Å². The summed E-state index contributed by atoms with van der Waals surface area (Å²) in [6.07, 6.45) is -0.477. The number of benzene rings is 2. The molecule has 33 heavy (non-hydrogen) atoms. The van der Waals surface area contributed by atoms with Gasteiger partial charge in [-0.05, 0) is 54.7 Å². The van der Waals surface area contributed by atoms with E-state index in [9.17, 15) is 19.5 Å². The maximum absolute atomic E-state index is 13.3. The van der Waals surface area contributed by atoms with Crippen molar-refractivity contribution in [3.8, 4) is 5.75 Å². The van der Waals surface area contributed by atoms with Crippen molar-refractivity contribution in [3.63, 3.8) is 0 Å². The molecule has 7 nitrogen and oxygen atoms in total. The minimum atomic E-state index is -1.15. The first-order valence-corrected chi connectivity index (χ1v) is 11.1. The number of hydrogen-bond donors (Lipinski definition) is 3. The Hall–Kier alpha value is -3.19. The van der Waals surface area contributed by atoms with E-state index in [2.05, 4.69) is 31.4 Å². The fraction of sp³-hybridized carbons (Fsp3) is 0.423. The van der Waals surface area contributed by atoms with Crippen LogP contribution in [0.1, 0.15) is 62.0 Å². The summed E-state index contributed by atoms with van der Waals surface area (Å²) < 4.78 is 5.40. The third-order valence-electron chi connectivity index (χ3n) is 6.31. The molecule has 1 saturated heterocycles. The Morgan fingerprint density at radius 2 is 1.85 bits per heavy atom. The van der Waals surface area contributed by atoms with E-state index in [1.807, 2.05) is 12.1 Å². The molecule has 2 aromatic rings. The molecular formula is C26H32N2O5. The van der Waals surface area contributed by atoms with Crippen LogP contribution >= 0.6 is 0 Å². The van der Waals surface area contributed by atoms with Gasteiger partial charge in [0.05, 0.1) is 12.0 Å². The van der Waals surface area contributed by atoms with Crippen molar-refractivity contribution in [2.75, 3.05) is 13.2 Å². The van der Waals surface area contributed by atoms with Crippen LogP contribution in [0.15, 0.2) is 48.5 Å². The fourth-order valence-corrected chi connectivity index (χ4v) is 3.78. The molecule has 1 fully saturated rings. The number of phenols is 1. The average Bonchev–Trinajstić information content (AvgIpc) is 3.00. The highest BCUT2D eigenvalue weighted by atomic mass is 16.5. The Bertz CT molecular complexity index is 1040. The summed E-state index contributed by atoms with van der Waals surface area (Å²) in [5.41, 5.74) is 0.944. The topological polar surface area (TPSA) is 105 Å². The minimum Gasteiger partial charge on any atom is -0.508 e. The molecule has 3 N–H and O–H groups in total. The average molecular weight is 453 g/mol. The quantitative estimate of drug-likeness (QED) is 0.625. The lowest BCUT2D eigenvalue weighted by atomic mass is 9.86. The normalized spacial score (nSPS) is 21.5. The maximum atomic E-state index is 13.3. The predicted octanol–water partition coefficient (Wildman–Crippen LogP) is 3.07. The second-order valence-electron chi connectivity index (χ2n) is 9.75. The molecule has 0 aromatic heterocycles. The number of carbonyl (C=O) groups is 3. The SMILES string of the molecule is CC1OCC(=O)C1(C)NC(=O)C(CNC(=O)c1ccc(C(C)(C)C)cc1)c1cccc(O)c1. The first kappa shape index (κ1) is 24.5. The zero-order chi connectivity index (χ0) is 24.4. The van der Waals surface area contributed by atoms with Crippen molar-refractivity contribution in [1.29, 1.82) is 0 Å². The van der Waals surface area contributed by atoms with E-state index in [0.29, 0.717) is 11.1 Å². The number of carbonyl (C=O) groups excluding carboxylic acids is 3. The summed E-state index contributed by atoms with van der Waals surface area (Å²) in [5.74, 6) is -1.76. The number of rotatable bonds is 6. The van der Waals surface area contributed by atoms with Crippen LogP contribution in [0.2, 0.25) is 0 Å². The highest BCUT2D eigenvalue weighted by molar-refractivity contribution is 5.98. The zero-order valence-corrected chi connectivity index (χ0v) is 19.8. The fourth-order valence-electron chi connectivity index (χ4n) is 3.78. The van der Waals surface area contributed by atoms with Gasteiger partial charge >= 0.3 is 0 Å². The van der Waals surface area contributed by atoms with Gasteiger partial charge in [0, 0.05) is 12.1 Å². The first-order valence-electron chi connectivity index (χ1n) is 11.1. The van der Waals surface area contributed by atoms with Crippen molar-refractivity contribution < 1.29 is 24.2 Å². The van der Waals surface area contributed by atoms with Gasteiger partial charge in [-0.15, -0.1) is 0 Å². The summed E-state index contributed by atoms with van der Waals surface area (Å²) in [6.45, 7) is 9.61. The number of Topliss-reactive ketones (excluding diaryl/α,β-unsaturated/α-hetero) is 1. The number of hydrogen-bond acceptors (Lipinski definition) is 5. The standard InChI is InChI=1S/C26H32N2O5/c1-16-26(5,22(30)15-33-16)28-24(32)21(18-7-6-8-20(29)13-18)14-27-23(31)17-9-11-19(12-10-17)25(2,3)4/h6-13,16,21,29H,14-15H2,1-5H3,(H,27,31)(H,28,32). The van der Waals surface area contributed by atoms with Gasteiger partial charge in [0.2, 0.25) is 5.91 Å². The Kier molecular flexibility index (Phi) is 6.93. The van der Waals surface area contributed by atoms with Gasteiger partial charge in [0.15, 0.2) is 5.78 Å². The largest absolute Gasteiger partial charge is 0.508 e. The van der Waals surface area contributed by atoms with Crippen LogP contribution in [0.25, 0.3) is 0 Å². The summed E-state index contributed by atoms with van der Waals surface area (Å²) in [7, 11) is 0. The lowest BCUT2D eigenvalue weighted by Gasteiger charge is -2.29. The van der Waals surface area contributed by atoms with Gasteiger partial charge in [-0.25, -0.2) is 0 Å². The highest BCUT2D eigenvalue weighted by Crippen LogP contribution is 2.26. The molecule has 1 heterocycles. The second kappa shape index (κ2) is 9.35. The van der Waals surface area contributed by atoms with E-state index in [4.69, 9.17) is 4.74 Å². The number of nitrogens with one attached hydrogen (secondary N) is 2. The van der Waals surface area contributed by atoms with Gasteiger partial charge in [0.1, 0.15) is 17.9 Å². The highest BCUT2D eigenvalue weighted by Gasteiger charge is 2.47. The molecule has 0 bridgehead atoms. The molecule has 0 spiro atoms. The molecule has 2 amide bonds. The van der Waals surface area contributed by atoms with Crippen LogP contribution < -0.4 is 10.6 Å². The van der Waals surface area contributed by atoms with Gasteiger partial charge < -0.3 is 20.5 Å². The monoisotopic (exact) mass is 452 g/mol. The van der Waals surface area contributed by atoms with Crippen LogP contribution in [0.3, 0.4) is 0 Å².